The fraction of sp³-hybridized carbons (Fsp3) is 0.368. The maximum atomic E-state index is 6.42. The van der Waals surface area contributed by atoms with Crippen LogP contribution in [0.4, 0.5) is 5.82 Å². The van der Waals surface area contributed by atoms with E-state index in [1.54, 1.807) is 12.4 Å². The standard InChI is InChI=1S/C19H21Cl2N5/c1-19(11-22)7-9-25(10-8-19)16-6-5-14(18-23-12-24-26(16)18)13-3-2-4-15(20)17(13)21/h2-6,12H,7-11,22H2,1H3. The van der Waals surface area contributed by atoms with Crippen LogP contribution in [0.5, 0.6) is 0 Å². The van der Waals surface area contributed by atoms with E-state index in [9.17, 15) is 0 Å². The normalized spacial score (nSPS) is 17.0. The largest absolute Gasteiger partial charge is 0.356 e. The number of benzene rings is 1. The number of aromatic nitrogens is 3. The van der Waals surface area contributed by atoms with Gasteiger partial charge in [0.2, 0.25) is 0 Å². The van der Waals surface area contributed by atoms with Crippen molar-refractivity contribution >= 4 is 34.7 Å². The Morgan fingerprint density at radius 3 is 2.62 bits per heavy atom. The Balaban J connectivity index is 1.75. The first-order chi connectivity index (χ1) is 12.5. The number of nitrogens with two attached hydrogens (primary N) is 1. The minimum Gasteiger partial charge on any atom is -0.356 e. The number of pyridine rings is 1. The van der Waals surface area contributed by atoms with Gasteiger partial charge in [-0.1, -0.05) is 42.3 Å². The first-order valence-corrected chi connectivity index (χ1v) is 9.50. The van der Waals surface area contributed by atoms with Crippen LogP contribution < -0.4 is 10.6 Å². The van der Waals surface area contributed by atoms with Gasteiger partial charge >= 0.3 is 0 Å². The molecule has 1 aliphatic rings. The van der Waals surface area contributed by atoms with Gasteiger partial charge in [0, 0.05) is 24.2 Å². The molecule has 0 aliphatic carbocycles. The minimum atomic E-state index is 0.228. The first kappa shape index (κ1) is 17.6. The lowest BCUT2D eigenvalue weighted by Crippen LogP contribution is -2.42. The highest BCUT2D eigenvalue weighted by Crippen LogP contribution is 2.37. The average molecular weight is 390 g/mol. The van der Waals surface area contributed by atoms with Gasteiger partial charge in [0.05, 0.1) is 10.0 Å². The Labute approximate surface area is 162 Å². The van der Waals surface area contributed by atoms with Crippen molar-refractivity contribution in [2.45, 2.75) is 19.8 Å². The molecule has 0 bridgehead atoms. The van der Waals surface area contributed by atoms with Gasteiger partial charge in [0.25, 0.3) is 0 Å². The van der Waals surface area contributed by atoms with Gasteiger partial charge in [-0.3, -0.25) is 0 Å². The summed E-state index contributed by atoms with van der Waals surface area (Å²) in [5.41, 5.74) is 8.72. The SMILES string of the molecule is CC1(CN)CCN(c2ccc(-c3cccc(Cl)c3Cl)c3ncnn23)CC1. The van der Waals surface area contributed by atoms with Crippen molar-refractivity contribution in [3.8, 4) is 11.1 Å². The molecule has 2 N–H and O–H groups in total. The fourth-order valence-corrected chi connectivity index (χ4v) is 3.94. The maximum absolute atomic E-state index is 6.42. The summed E-state index contributed by atoms with van der Waals surface area (Å²) in [5.74, 6) is 1.04. The van der Waals surface area contributed by atoms with E-state index in [1.807, 2.05) is 22.7 Å². The molecule has 0 unspecified atom stereocenters. The van der Waals surface area contributed by atoms with E-state index in [2.05, 4.69) is 28.0 Å². The summed E-state index contributed by atoms with van der Waals surface area (Å²) in [5, 5.41) is 5.51. The fourth-order valence-electron chi connectivity index (χ4n) is 3.54. The molecular formula is C19H21Cl2N5. The molecule has 1 aliphatic heterocycles. The van der Waals surface area contributed by atoms with Crippen molar-refractivity contribution in [3.05, 3.63) is 46.7 Å². The van der Waals surface area contributed by atoms with Crippen LogP contribution in [0.1, 0.15) is 19.8 Å². The zero-order chi connectivity index (χ0) is 18.3. The zero-order valence-corrected chi connectivity index (χ0v) is 16.1. The lowest BCUT2D eigenvalue weighted by Gasteiger charge is -2.39. The number of anilines is 1. The van der Waals surface area contributed by atoms with Gasteiger partial charge in [0.15, 0.2) is 5.65 Å². The van der Waals surface area contributed by atoms with Gasteiger partial charge in [-0.15, -0.1) is 0 Å². The molecule has 26 heavy (non-hydrogen) atoms. The first-order valence-electron chi connectivity index (χ1n) is 8.74. The smallest absolute Gasteiger partial charge is 0.165 e. The third kappa shape index (κ3) is 2.94. The molecule has 0 spiro atoms. The summed E-state index contributed by atoms with van der Waals surface area (Å²) >= 11 is 12.6. The van der Waals surface area contributed by atoms with Crippen molar-refractivity contribution in [1.82, 2.24) is 14.6 Å². The van der Waals surface area contributed by atoms with E-state index in [0.29, 0.717) is 10.0 Å². The number of piperidine rings is 1. The Hall–Kier alpha value is -1.82. The summed E-state index contributed by atoms with van der Waals surface area (Å²) in [7, 11) is 0. The highest BCUT2D eigenvalue weighted by Gasteiger charge is 2.30. The maximum Gasteiger partial charge on any atom is 0.165 e. The van der Waals surface area contributed by atoms with Crippen molar-refractivity contribution in [1.29, 1.82) is 0 Å². The third-order valence-electron chi connectivity index (χ3n) is 5.43. The third-order valence-corrected chi connectivity index (χ3v) is 6.25. The molecule has 4 rings (SSSR count). The van der Waals surface area contributed by atoms with E-state index in [1.165, 1.54) is 0 Å². The molecule has 1 fully saturated rings. The molecule has 0 saturated carbocycles. The molecule has 7 heteroatoms. The zero-order valence-electron chi connectivity index (χ0n) is 14.6. The topological polar surface area (TPSA) is 59.5 Å². The second-order valence-corrected chi connectivity index (χ2v) is 7.99. The van der Waals surface area contributed by atoms with E-state index in [4.69, 9.17) is 28.9 Å². The molecule has 1 saturated heterocycles. The molecule has 0 radical (unpaired) electrons. The van der Waals surface area contributed by atoms with Crippen LogP contribution in [-0.2, 0) is 0 Å². The van der Waals surface area contributed by atoms with Crippen LogP contribution in [0.2, 0.25) is 10.0 Å². The molecule has 2 aromatic heterocycles. The summed E-state index contributed by atoms with van der Waals surface area (Å²) in [4.78, 5) is 6.82. The molecule has 1 aromatic carbocycles. The van der Waals surface area contributed by atoms with Gasteiger partial charge < -0.3 is 10.6 Å². The molecular weight excluding hydrogens is 369 g/mol. The van der Waals surface area contributed by atoms with Crippen LogP contribution in [0.25, 0.3) is 16.8 Å². The number of hydrogen-bond donors (Lipinski definition) is 1. The van der Waals surface area contributed by atoms with Gasteiger partial charge in [-0.25, -0.2) is 4.98 Å². The Morgan fingerprint density at radius 1 is 1.12 bits per heavy atom. The summed E-state index contributed by atoms with van der Waals surface area (Å²) in [6, 6.07) is 9.76. The second-order valence-electron chi connectivity index (χ2n) is 7.20. The van der Waals surface area contributed by atoms with Crippen LogP contribution >= 0.6 is 23.2 Å². The Kier molecular flexibility index (Phi) is 4.55. The monoisotopic (exact) mass is 389 g/mol. The van der Waals surface area contributed by atoms with Gasteiger partial charge in [-0.2, -0.15) is 9.61 Å². The number of halogens is 2. The molecule has 3 heterocycles. The summed E-state index contributed by atoms with van der Waals surface area (Å²) < 4.78 is 1.89. The predicted octanol–water partition coefficient (Wildman–Crippen LogP) is 4.27. The highest BCUT2D eigenvalue weighted by atomic mass is 35.5. The van der Waals surface area contributed by atoms with Gasteiger partial charge in [-0.05, 0) is 43.0 Å². The Bertz CT molecular complexity index is 944. The molecule has 136 valence electrons. The van der Waals surface area contributed by atoms with Gasteiger partial charge in [0.1, 0.15) is 12.1 Å². The van der Waals surface area contributed by atoms with E-state index in [0.717, 1.165) is 55.1 Å². The van der Waals surface area contributed by atoms with Crippen LogP contribution in [0.15, 0.2) is 36.7 Å². The number of nitrogens with zero attached hydrogens (tertiary/aromatic N) is 4. The van der Waals surface area contributed by atoms with Crippen LogP contribution in [0.3, 0.4) is 0 Å². The Morgan fingerprint density at radius 2 is 1.88 bits per heavy atom. The van der Waals surface area contributed by atoms with Crippen molar-refractivity contribution in [2.75, 3.05) is 24.5 Å². The van der Waals surface area contributed by atoms with E-state index >= 15 is 0 Å². The molecule has 0 amide bonds. The lowest BCUT2D eigenvalue weighted by atomic mass is 9.80. The number of fused-ring (bicyclic) bond motifs is 1. The van der Waals surface area contributed by atoms with Crippen LogP contribution in [0, 0.1) is 5.41 Å². The molecule has 5 nitrogen and oxygen atoms in total. The minimum absolute atomic E-state index is 0.228. The second kappa shape index (κ2) is 6.72. The van der Waals surface area contributed by atoms with Crippen LogP contribution in [-0.4, -0.2) is 34.2 Å². The quantitative estimate of drug-likeness (QED) is 0.726. The van der Waals surface area contributed by atoms with E-state index in [-0.39, 0.29) is 5.41 Å². The highest BCUT2D eigenvalue weighted by molar-refractivity contribution is 6.43. The van der Waals surface area contributed by atoms with Crippen molar-refractivity contribution in [3.63, 3.8) is 0 Å². The summed E-state index contributed by atoms with van der Waals surface area (Å²) in [6.07, 6.45) is 3.72. The average Bonchev–Trinajstić information content (AvgIpc) is 3.14. The summed E-state index contributed by atoms with van der Waals surface area (Å²) in [6.45, 7) is 4.91. The van der Waals surface area contributed by atoms with Crippen molar-refractivity contribution in [2.24, 2.45) is 11.1 Å². The van der Waals surface area contributed by atoms with Crippen molar-refractivity contribution < 1.29 is 0 Å². The molecule has 3 aromatic rings. The number of rotatable bonds is 3. The molecule has 0 atom stereocenters. The predicted molar refractivity (Wildman–Crippen MR) is 107 cm³/mol. The van der Waals surface area contributed by atoms with E-state index < -0.39 is 0 Å². The lowest BCUT2D eigenvalue weighted by molar-refractivity contribution is 0.257. The number of hydrogen-bond acceptors (Lipinski definition) is 4.